The van der Waals surface area contributed by atoms with Crippen molar-refractivity contribution in [1.82, 2.24) is 4.72 Å². The number of rotatable bonds is 8. The zero-order chi connectivity index (χ0) is 13.4. The van der Waals surface area contributed by atoms with E-state index in [0.29, 0.717) is 26.0 Å². The van der Waals surface area contributed by atoms with E-state index in [1.54, 1.807) is 0 Å². The minimum atomic E-state index is -3.09. The number of nitrogens with one attached hydrogen (secondary N) is 1. The fourth-order valence-electron chi connectivity index (χ4n) is 1.61. The van der Waals surface area contributed by atoms with E-state index in [0.717, 1.165) is 11.3 Å². The Labute approximate surface area is 109 Å². The summed E-state index contributed by atoms with van der Waals surface area (Å²) >= 11 is 0. The highest BCUT2D eigenvalue weighted by Crippen LogP contribution is 2.12. The summed E-state index contributed by atoms with van der Waals surface area (Å²) in [5.74, 6) is 1.03. The average Bonchev–Trinajstić information content (AvgIpc) is 2.31. The van der Waals surface area contributed by atoms with Crippen molar-refractivity contribution in [2.75, 3.05) is 18.9 Å². The summed E-state index contributed by atoms with van der Waals surface area (Å²) in [4.78, 5) is 0. The van der Waals surface area contributed by atoms with Gasteiger partial charge in [-0.1, -0.05) is 19.1 Å². The van der Waals surface area contributed by atoms with Crippen molar-refractivity contribution >= 4 is 10.0 Å². The monoisotopic (exact) mass is 271 g/mol. The van der Waals surface area contributed by atoms with Gasteiger partial charge in [0.25, 0.3) is 0 Å². The average molecular weight is 271 g/mol. The highest BCUT2D eigenvalue weighted by atomic mass is 32.2. The van der Waals surface area contributed by atoms with Gasteiger partial charge in [0.05, 0.1) is 12.4 Å². The van der Waals surface area contributed by atoms with E-state index in [9.17, 15) is 8.42 Å². The Hall–Kier alpha value is -1.07. The van der Waals surface area contributed by atoms with Gasteiger partial charge in [-0.25, -0.2) is 13.1 Å². The summed E-state index contributed by atoms with van der Waals surface area (Å²) in [6.45, 7) is 4.88. The van der Waals surface area contributed by atoms with E-state index in [4.69, 9.17) is 4.74 Å². The van der Waals surface area contributed by atoms with Gasteiger partial charge >= 0.3 is 0 Å². The molecule has 0 fully saturated rings. The third kappa shape index (κ3) is 5.51. The molecule has 5 heteroatoms. The van der Waals surface area contributed by atoms with Crippen molar-refractivity contribution in [1.29, 1.82) is 0 Å². The molecule has 0 bridgehead atoms. The molecule has 0 atom stereocenters. The Morgan fingerprint density at radius 2 is 1.83 bits per heavy atom. The lowest BCUT2D eigenvalue weighted by molar-refractivity contribution is 0.340. The van der Waals surface area contributed by atoms with Crippen LogP contribution in [0.25, 0.3) is 0 Å². The molecule has 0 spiro atoms. The molecule has 0 unspecified atom stereocenters. The highest BCUT2D eigenvalue weighted by Gasteiger charge is 2.07. The number of sulfonamides is 1. The molecule has 102 valence electrons. The van der Waals surface area contributed by atoms with E-state index >= 15 is 0 Å². The van der Waals surface area contributed by atoms with Crippen LogP contribution in [0.15, 0.2) is 24.3 Å². The first-order valence-corrected chi connectivity index (χ1v) is 7.91. The first kappa shape index (κ1) is 15.0. The lowest BCUT2D eigenvalue weighted by Gasteiger charge is -2.07. The molecular weight excluding hydrogens is 250 g/mol. The molecule has 0 aromatic heterocycles. The van der Waals surface area contributed by atoms with Crippen molar-refractivity contribution in [3.63, 3.8) is 0 Å². The Balaban J connectivity index is 2.40. The summed E-state index contributed by atoms with van der Waals surface area (Å²) in [7, 11) is -3.09. The molecule has 0 heterocycles. The number of hydrogen-bond donors (Lipinski definition) is 1. The van der Waals surface area contributed by atoms with Crippen LogP contribution in [0, 0.1) is 0 Å². The molecule has 1 N–H and O–H groups in total. The van der Waals surface area contributed by atoms with Crippen LogP contribution in [-0.2, 0) is 16.4 Å². The van der Waals surface area contributed by atoms with E-state index in [2.05, 4.69) is 4.72 Å². The van der Waals surface area contributed by atoms with E-state index < -0.39 is 10.0 Å². The first-order valence-electron chi connectivity index (χ1n) is 6.26. The van der Waals surface area contributed by atoms with Crippen LogP contribution >= 0.6 is 0 Å². The van der Waals surface area contributed by atoms with E-state index in [1.807, 2.05) is 38.1 Å². The van der Waals surface area contributed by atoms with Crippen molar-refractivity contribution in [3.8, 4) is 5.75 Å². The third-order valence-electron chi connectivity index (χ3n) is 2.44. The van der Waals surface area contributed by atoms with E-state index in [-0.39, 0.29) is 5.75 Å². The minimum Gasteiger partial charge on any atom is -0.494 e. The maximum absolute atomic E-state index is 11.4. The van der Waals surface area contributed by atoms with E-state index in [1.165, 1.54) is 0 Å². The van der Waals surface area contributed by atoms with Crippen LogP contribution in [-0.4, -0.2) is 27.3 Å². The number of ether oxygens (including phenoxy) is 1. The molecule has 0 aliphatic heterocycles. The molecule has 0 saturated heterocycles. The predicted octanol–water partition coefficient (Wildman–Crippen LogP) is 1.96. The van der Waals surface area contributed by atoms with Gasteiger partial charge in [0.1, 0.15) is 5.75 Å². The second-order valence-corrected chi connectivity index (χ2v) is 5.97. The van der Waals surface area contributed by atoms with Crippen LogP contribution in [0.3, 0.4) is 0 Å². The molecule has 0 aliphatic rings. The van der Waals surface area contributed by atoms with Crippen molar-refractivity contribution < 1.29 is 13.2 Å². The van der Waals surface area contributed by atoms with Crippen molar-refractivity contribution in [2.24, 2.45) is 0 Å². The summed E-state index contributed by atoms with van der Waals surface area (Å²) < 4.78 is 30.8. The number of benzene rings is 1. The molecule has 0 aliphatic carbocycles. The van der Waals surface area contributed by atoms with Crippen LogP contribution < -0.4 is 9.46 Å². The maximum Gasteiger partial charge on any atom is 0.211 e. The summed E-state index contributed by atoms with van der Waals surface area (Å²) in [6, 6.07) is 7.72. The predicted molar refractivity (Wildman–Crippen MR) is 73.4 cm³/mol. The highest BCUT2D eigenvalue weighted by molar-refractivity contribution is 7.89. The quantitative estimate of drug-likeness (QED) is 0.786. The second-order valence-electron chi connectivity index (χ2n) is 4.04. The van der Waals surface area contributed by atoms with Crippen LogP contribution in [0.4, 0.5) is 0 Å². The van der Waals surface area contributed by atoms with Crippen LogP contribution in [0.2, 0.25) is 0 Å². The lowest BCUT2D eigenvalue weighted by atomic mass is 10.1. The van der Waals surface area contributed by atoms with Gasteiger partial charge in [-0.15, -0.1) is 0 Å². The zero-order valence-electron chi connectivity index (χ0n) is 11.0. The molecule has 0 saturated carbocycles. The Kier molecular flexibility index (Phi) is 6.15. The molecular formula is C13H21NO3S. The van der Waals surface area contributed by atoms with Gasteiger partial charge < -0.3 is 4.74 Å². The molecule has 4 nitrogen and oxygen atoms in total. The first-order chi connectivity index (χ1) is 8.57. The van der Waals surface area contributed by atoms with Gasteiger partial charge in [-0.2, -0.15) is 0 Å². The summed E-state index contributed by atoms with van der Waals surface area (Å²) in [5, 5.41) is 0. The normalized spacial score (nSPS) is 11.4. The second kappa shape index (κ2) is 7.38. The molecule has 0 amide bonds. The van der Waals surface area contributed by atoms with Gasteiger partial charge in [0.2, 0.25) is 10.0 Å². The van der Waals surface area contributed by atoms with Crippen LogP contribution in [0.5, 0.6) is 5.75 Å². The standard InChI is InChI=1S/C13H21NO3S/c1-3-11-18(15,16)14-10-9-12-5-7-13(8-6-12)17-4-2/h5-8,14H,3-4,9-11H2,1-2H3. The molecule has 18 heavy (non-hydrogen) atoms. The topological polar surface area (TPSA) is 55.4 Å². The number of hydrogen-bond acceptors (Lipinski definition) is 3. The Morgan fingerprint density at radius 3 is 2.39 bits per heavy atom. The lowest BCUT2D eigenvalue weighted by Crippen LogP contribution is -2.28. The smallest absolute Gasteiger partial charge is 0.211 e. The zero-order valence-corrected chi connectivity index (χ0v) is 11.8. The fourth-order valence-corrected chi connectivity index (χ4v) is 2.71. The largest absolute Gasteiger partial charge is 0.494 e. The van der Waals surface area contributed by atoms with Gasteiger partial charge in [0, 0.05) is 6.54 Å². The molecule has 0 radical (unpaired) electrons. The van der Waals surface area contributed by atoms with Gasteiger partial charge in [-0.3, -0.25) is 0 Å². The summed E-state index contributed by atoms with van der Waals surface area (Å²) in [6.07, 6.45) is 1.33. The van der Waals surface area contributed by atoms with Crippen molar-refractivity contribution in [2.45, 2.75) is 26.7 Å². The maximum atomic E-state index is 11.4. The fraction of sp³-hybridized carbons (Fsp3) is 0.538. The molecule has 1 rings (SSSR count). The SMILES string of the molecule is CCCS(=O)(=O)NCCc1ccc(OCC)cc1. The summed E-state index contributed by atoms with van der Waals surface area (Å²) in [5.41, 5.74) is 1.10. The molecule has 1 aromatic carbocycles. The Morgan fingerprint density at radius 1 is 1.17 bits per heavy atom. The minimum absolute atomic E-state index is 0.191. The molecule has 1 aromatic rings. The van der Waals surface area contributed by atoms with Gasteiger partial charge in [-0.05, 0) is 37.5 Å². The van der Waals surface area contributed by atoms with Crippen LogP contribution in [0.1, 0.15) is 25.8 Å². The van der Waals surface area contributed by atoms with Crippen molar-refractivity contribution in [3.05, 3.63) is 29.8 Å². The van der Waals surface area contributed by atoms with Gasteiger partial charge in [0.15, 0.2) is 0 Å². The Bertz CT molecular complexity index is 440. The third-order valence-corrected chi connectivity index (χ3v) is 4.03.